The minimum absolute atomic E-state index is 0.00167. The summed E-state index contributed by atoms with van der Waals surface area (Å²) in [7, 11) is 0. The van der Waals surface area contributed by atoms with Crippen LogP contribution in [0, 0.1) is 0 Å². The minimum Gasteiger partial charge on any atom is -0.487 e. The lowest BCUT2D eigenvalue weighted by atomic mass is 9.99. The minimum atomic E-state index is -4.58. The molecule has 0 saturated heterocycles. The Hall–Kier alpha value is -2.88. The number of halogens is 8. The van der Waals surface area contributed by atoms with Crippen molar-refractivity contribution < 1.29 is 31.1 Å². The highest BCUT2D eigenvalue weighted by molar-refractivity contribution is 6.39. The third-order valence-electron chi connectivity index (χ3n) is 5.21. The topological polar surface area (TPSA) is 24.5 Å². The van der Waals surface area contributed by atoms with E-state index in [1.54, 1.807) is 6.07 Å². The maximum atomic E-state index is 13.4. The number of alkyl halides is 6. The second-order valence-electron chi connectivity index (χ2n) is 7.57. The van der Waals surface area contributed by atoms with Gasteiger partial charge >= 0.3 is 12.4 Å². The molecule has 0 spiro atoms. The monoisotopic (exact) mass is 532 g/mol. The molecule has 11 heteroatoms. The molecule has 35 heavy (non-hydrogen) atoms. The van der Waals surface area contributed by atoms with Crippen molar-refractivity contribution in [3.05, 3.63) is 94.1 Å². The highest BCUT2D eigenvalue weighted by Crippen LogP contribution is 2.39. The lowest BCUT2D eigenvalue weighted by Crippen LogP contribution is -2.45. The van der Waals surface area contributed by atoms with Gasteiger partial charge < -0.3 is 4.74 Å². The zero-order valence-corrected chi connectivity index (χ0v) is 19.1. The second-order valence-corrected chi connectivity index (χ2v) is 8.38. The molecule has 3 aromatic rings. The first-order chi connectivity index (χ1) is 16.4. The van der Waals surface area contributed by atoms with Crippen molar-refractivity contribution in [1.82, 2.24) is 5.43 Å². The second kappa shape index (κ2) is 9.64. The van der Waals surface area contributed by atoms with E-state index < -0.39 is 24.0 Å². The summed E-state index contributed by atoms with van der Waals surface area (Å²) in [6, 6.07) is 13.5. The molecule has 4 rings (SSSR count). The number of anilines is 1. The summed E-state index contributed by atoms with van der Waals surface area (Å²) in [5.74, 6) is 0.250. The van der Waals surface area contributed by atoms with Crippen LogP contribution in [0.5, 0.6) is 5.75 Å². The Balaban J connectivity index is 1.56. The van der Waals surface area contributed by atoms with Crippen LogP contribution in [-0.2, 0) is 6.18 Å². The molecule has 184 valence electrons. The summed E-state index contributed by atoms with van der Waals surface area (Å²) in [5, 5.41) is 1.38. The molecule has 1 heterocycles. The molecule has 0 fully saturated rings. The summed E-state index contributed by atoms with van der Waals surface area (Å²) < 4.78 is 85.8. The molecule has 1 aliphatic rings. The van der Waals surface area contributed by atoms with Gasteiger partial charge in [-0.15, -0.1) is 0 Å². The lowest BCUT2D eigenvalue weighted by Gasteiger charge is -2.26. The van der Waals surface area contributed by atoms with E-state index in [4.69, 9.17) is 27.9 Å². The number of hydrazine groups is 1. The van der Waals surface area contributed by atoms with Crippen LogP contribution in [-0.4, -0.2) is 18.8 Å². The smallest absolute Gasteiger partial charge is 0.417 e. The first kappa shape index (κ1) is 25.2. The van der Waals surface area contributed by atoms with E-state index in [0.717, 1.165) is 17.2 Å². The van der Waals surface area contributed by atoms with Crippen LogP contribution in [0.3, 0.4) is 0 Å². The first-order valence-electron chi connectivity index (χ1n) is 10.1. The number of hydrogen-bond acceptors (Lipinski definition) is 3. The Kier molecular flexibility index (Phi) is 6.95. The van der Waals surface area contributed by atoms with Crippen LogP contribution >= 0.6 is 23.2 Å². The van der Waals surface area contributed by atoms with Crippen molar-refractivity contribution in [2.75, 3.05) is 11.6 Å². The van der Waals surface area contributed by atoms with Crippen LogP contribution in [0.4, 0.5) is 32.0 Å². The summed E-state index contributed by atoms with van der Waals surface area (Å²) >= 11 is 12.4. The van der Waals surface area contributed by atoms with Crippen molar-refractivity contribution in [2.24, 2.45) is 0 Å². The Morgan fingerprint density at radius 3 is 2.06 bits per heavy atom. The summed E-state index contributed by atoms with van der Waals surface area (Å²) in [5.41, 5.74) is 2.11. The Bertz CT molecular complexity index is 1220. The van der Waals surface area contributed by atoms with Gasteiger partial charge in [0.25, 0.3) is 0 Å². The van der Waals surface area contributed by atoms with Gasteiger partial charge in [-0.25, -0.2) is 5.43 Å². The van der Waals surface area contributed by atoms with Crippen LogP contribution < -0.4 is 15.2 Å². The number of rotatable bonds is 5. The van der Waals surface area contributed by atoms with Crippen molar-refractivity contribution in [3.8, 4) is 16.9 Å². The van der Waals surface area contributed by atoms with Crippen LogP contribution in [0.1, 0.15) is 5.56 Å². The number of hydrogen-bond donors (Lipinski definition) is 1. The van der Waals surface area contributed by atoms with E-state index in [9.17, 15) is 26.3 Å². The molecular weight excluding hydrogens is 517 g/mol. The molecule has 0 aliphatic carbocycles. The average Bonchev–Trinajstić information content (AvgIpc) is 3.22. The third kappa shape index (κ3) is 5.52. The maximum absolute atomic E-state index is 13.4. The van der Waals surface area contributed by atoms with Gasteiger partial charge in [0.1, 0.15) is 18.4 Å². The van der Waals surface area contributed by atoms with E-state index in [-0.39, 0.29) is 39.3 Å². The van der Waals surface area contributed by atoms with Gasteiger partial charge in [0.15, 0.2) is 0 Å². The highest BCUT2D eigenvalue weighted by Gasteiger charge is 2.44. The van der Waals surface area contributed by atoms with E-state index in [1.807, 2.05) is 0 Å². The molecule has 1 N–H and O–H groups in total. The molecule has 1 atom stereocenters. The quantitative estimate of drug-likeness (QED) is 0.338. The van der Waals surface area contributed by atoms with Crippen molar-refractivity contribution in [3.63, 3.8) is 0 Å². The largest absolute Gasteiger partial charge is 0.487 e. The SMILES string of the molecule is FC(F)(F)c1ccccc1-c1ccc(OCC2=CC(C(F)(F)F)NN2c2c(Cl)cccc2Cl)cc1. The van der Waals surface area contributed by atoms with Gasteiger partial charge in [-0.1, -0.05) is 59.6 Å². The summed E-state index contributed by atoms with van der Waals surface area (Å²) in [6.07, 6.45) is -8.15. The molecule has 3 nitrogen and oxygen atoms in total. The van der Waals surface area contributed by atoms with Crippen molar-refractivity contribution in [1.29, 1.82) is 0 Å². The Labute approximate surface area is 206 Å². The normalized spacial score (nSPS) is 16.4. The third-order valence-corrected chi connectivity index (χ3v) is 5.82. The van der Waals surface area contributed by atoms with E-state index in [0.29, 0.717) is 5.56 Å². The summed E-state index contributed by atoms with van der Waals surface area (Å²) in [6.45, 7) is -0.292. The molecule has 1 aliphatic heterocycles. The number of nitrogens with one attached hydrogen (secondary N) is 1. The number of benzene rings is 3. The van der Waals surface area contributed by atoms with Crippen LogP contribution in [0.15, 0.2) is 78.5 Å². The van der Waals surface area contributed by atoms with E-state index in [2.05, 4.69) is 5.43 Å². The van der Waals surface area contributed by atoms with E-state index >= 15 is 0 Å². The van der Waals surface area contributed by atoms with Crippen LogP contribution in [0.2, 0.25) is 10.0 Å². The molecule has 0 bridgehead atoms. The van der Waals surface area contributed by atoms with Gasteiger partial charge in [0, 0.05) is 0 Å². The summed E-state index contributed by atoms with van der Waals surface area (Å²) in [4.78, 5) is 0. The Morgan fingerprint density at radius 2 is 1.46 bits per heavy atom. The molecular formula is C24H16Cl2F6N2O. The maximum Gasteiger partial charge on any atom is 0.417 e. The molecule has 0 radical (unpaired) electrons. The number of ether oxygens (including phenoxy) is 1. The van der Waals surface area contributed by atoms with Gasteiger partial charge in [-0.3, -0.25) is 5.01 Å². The number of para-hydroxylation sites is 1. The fourth-order valence-corrected chi connectivity index (χ4v) is 4.15. The van der Waals surface area contributed by atoms with Gasteiger partial charge in [-0.2, -0.15) is 26.3 Å². The molecule has 0 aromatic heterocycles. The standard InChI is InChI=1S/C24H16Cl2F6N2O/c25-19-6-3-7-20(26)22(19)34-15(12-21(33-34)24(30,31)32)13-35-16-10-8-14(9-11-16)17-4-1-2-5-18(17)23(27,28)29/h1-12,21,33H,13H2. The average molecular weight is 533 g/mol. The number of nitrogens with zero attached hydrogens (tertiary/aromatic N) is 1. The first-order valence-corrected chi connectivity index (χ1v) is 10.9. The Morgan fingerprint density at radius 1 is 0.829 bits per heavy atom. The molecule has 1 unspecified atom stereocenters. The zero-order valence-electron chi connectivity index (χ0n) is 17.6. The highest BCUT2D eigenvalue weighted by atomic mass is 35.5. The fourth-order valence-electron chi connectivity index (χ4n) is 3.59. The van der Waals surface area contributed by atoms with E-state index in [1.165, 1.54) is 54.6 Å². The van der Waals surface area contributed by atoms with Gasteiger partial charge in [0.05, 0.1) is 27.0 Å². The van der Waals surface area contributed by atoms with Crippen molar-refractivity contribution >= 4 is 28.9 Å². The molecule has 0 saturated carbocycles. The van der Waals surface area contributed by atoms with Crippen LogP contribution in [0.25, 0.3) is 11.1 Å². The van der Waals surface area contributed by atoms with Gasteiger partial charge in [0.2, 0.25) is 0 Å². The fraction of sp³-hybridized carbons (Fsp3) is 0.167. The molecule has 3 aromatic carbocycles. The lowest BCUT2D eigenvalue weighted by molar-refractivity contribution is -0.142. The predicted molar refractivity (Wildman–Crippen MR) is 122 cm³/mol. The van der Waals surface area contributed by atoms with Crippen molar-refractivity contribution in [2.45, 2.75) is 18.4 Å². The molecule has 0 amide bonds. The predicted octanol–water partition coefficient (Wildman–Crippen LogP) is 7.90. The zero-order chi connectivity index (χ0) is 25.4. The van der Waals surface area contributed by atoms with Gasteiger partial charge in [-0.05, 0) is 47.5 Å².